The average Bonchev–Trinajstić information content (AvgIpc) is 3.75. The van der Waals surface area contributed by atoms with Crippen LogP contribution in [0.25, 0.3) is 76.0 Å². The minimum atomic E-state index is -0.328. The van der Waals surface area contributed by atoms with Gasteiger partial charge >= 0.3 is 0 Å². The highest BCUT2D eigenvalue weighted by molar-refractivity contribution is 7.26. The largest absolute Gasteiger partial charge is 0.452 e. The van der Waals surface area contributed by atoms with Crippen LogP contribution in [0.5, 0.6) is 0 Å². The lowest BCUT2D eigenvalue weighted by atomic mass is 9.80. The summed E-state index contributed by atoms with van der Waals surface area (Å²) in [5.74, 6) is 1.65. The van der Waals surface area contributed by atoms with Crippen LogP contribution >= 0.6 is 11.3 Å². The van der Waals surface area contributed by atoms with E-state index in [4.69, 9.17) is 24.4 Å². The van der Waals surface area contributed by atoms with Crippen molar-refractivity contribution >= 4 is 53.7 Å². The molecule has 4 aromatic heterocycles. The molecule has 0 aliphatic rings. The molecule has 260 valence electrons. The van der Waals surface area contributed by atoms with Gasteiger partial charge in [-0.2, -0.15) is 0 Å². The highest BCUT2D eigenvalue weighted by atomic mass is 32.1. The van der Waals surface area contributed by atoms with Crippen LogP contribution in [0.2, 0.25) is 0 Å². The molecule has 0 fully saturated rings. The fourth-order valence-corrected chi connectivity index (χ4v) is 8.40. The molecule has 53 heavy (non-hydrogen) atoms. The van der Waals surface area contributed by atoms with Crippen LogP contribution in [-0.4, -0.2) is 19.9 Å². The Morgan fingerprint density at radius 1 is 0.566 bits per heavy atom. The second kappa shape index (κ2) is 12.7. The zero-order valence-electron chi connectivity index (χ0n) is 30.6. The summed E-state index contributed by atoms with van der Waals surface area (Å²) in [7, 11) is 0. The summed E-state index contributed by atoms with van der Waals surface area (Å²) in [4.78, 5) is 21.0. The van der Waals surface area contributed by atoms with Gasteiger partial charge in [0.2, 0.25) is 0 Å². The van der Waals surface area contributed by atoms with Gasteiger partial charge in [-0.05, 0) is 47.7 Å². The summed E-state index contributed by atoms with van der Waals surface area (Å²) in [6.07, 6.45) is 1.63. The molecule has 0 spiro atoms. The molecule has 5 nitrogen and oxygen atoms in total. The quantitative estimate of drug-likeness (QED) is 0.165. The number of furan rings is 1. The first-order valence-corrected chi connectivity index (χ1v) is 19.1. The number of benzene rings is 5. The lowest BCUT2D eigenvalue weighted by molar-refractivity contribution is 0.425. The molecule has 1 unspecified atom stereocenters. The van der Waals surface area contributed by atoms with Crippen LogP contribution in [0.4, 0.5) is 0 Å². The standard InChI is InChI=1S/C47H40N4OS/c1-6-47(5,45-49-39(32-17-11-8-12-18-32)43-41(51-45)35-19-13-14-20-37(35)53-43)28-29-21-26-34-36(27-29)52-42-38(48-44(46(2,3)4)50-40(34)42)33-24-22-31(23-25-33)30-15-9-7-10-16-30/h7-27H,6,28H2,1-5H3. The van der Waals surface area contributed by atoms with Gasteiger partial charge in [0, 0.05) is 37.4 Å². The Morgan fingerprint density at radius 2 is 1.17 bits per heavy atom. The third-order valence-corrected chi connectivity index (χ3v) is 11.7. The summed E-state index contributed by atoms with van der Waals surface area (Å²) in [5.41, 5.74) is 10.3. The lowest BCUT2D eigenvalue weighted by Gasteiger charge is -2.27. The van der Waals surface area contributed by atoms with Crippen LogP contribution in [0, 0.1) is 0 Å². The highest BCUT2D eigenvalue weighted by Gasteiger charge is 2.31. The van der Waals surface area contributed by atoms with E-state index in [9.17, 15) is 0 Å². The van der Waals surface area contributed by atoms with Gasteiger partial charge in [-0.3, -0.25) is 0 Å². The van der Waals surface area contributed by atoms with Gasteiger partial charge in [-0.15, -0.1) is 11.3 Å². The Labute approximate surface area is 313 Å². The van der Waals surface area contributed by atoms with E-state index in [0.29, 0.717) is 5.58 Å². The zero-order chi connectivity index (χ0) is 36.3. The number of aromatic nitrogens is 4. The molecule has 6 heteroatoms. The van der Waals surface area contributed by atoms with Crippen molar-refractivity contribution in [2.75, 3.05) is 0 Å². The molecule has 4 heterocycles. The third-order valence-electron chi connectivity index (χ3n) is 10.5. The van der Waals surface area contributed by atoms with Crippen molar-refractivity contribution in [2.45, 2.75) is 58.3 Å². The minimum absolute atomic E-state index is 0.243. The van der Waals surface area contributed by atoms with Crippen LogP contribution < -0.4 is 0 Å². The molecule has 9 rings (SSSR count). The first kappa shape index (κ1) is 33.1. The molecule has 0 amide bonds. The second-order valence-corrected chi connectivity index (χ2v) is 16.4. The normalized spacial score (nSPS) is 13.3. The maximum absolute atomic E-state index is 6.73. The average molecular weight is 709 g/mol. The van der Waals surface area contributed by atoms with E-state index >= 15 is 0 Å². The molecule has 0 bridgehead atoms. The van der Waals surface area contributed by atoms with Gasteiger partial charge in [0.15, 0.2) is 5.58 Å². The molecule has 0 saturated carbocycles. The molecule has 5 aromatic carbocycles. The van der Waals surface area contributed by atoms with Crippen LogP contribution in [-0.2, 0) is 17.3 Å². The maximum Gasteiger partial charge on any atom is 0.180 e. The Balaban J connectivity index is 1.15. The third kappa shape index (κ3) is 5.87. The fourth-order valence-electron chi connectivity index (χ4n) is 7.24. The first-order valence-electron chi connectivity index (χ1n) is 18.3. The van der Waals surface area contributed by atoms with Gasteiger partial charge in [0.05, 0.1) is 15.9 Å². The molecule has 0 saturated heterocycles. The summed E-state index contributed by atoms with van der Waals surface area (Å²) in [6.45, 7) is 11.0. The Hall–Kier alpha value is -5.72. The number of hydrogen-bond donors (Lipinski definition) is 0. The number of rotatable bonds is 7. The molecule has 0 N–H and O–H groups in total. The van der Waals surface area contributed by atoms with Crippen molar-refractivity contribution in [3.8, 4) is 33.6 Å². The minimum Gasteiger partial charge on any atom is -0.452 e. The van der Waals surface area contributed by atoms with Crippen molar-refractivity contribution in [3.63, 3.8) is 0 Å². The van der Waals surface area contributed by atoms with Gasteiger partial charge in [-0.1, -0.05) is 144 Å². The molecular weight excluding hydrogens is 669 g/mol. The molecule has 0 radical (unpaired) electrons. The zero-order valence-corrected chi connectivity index (χ0v) is 31.5. The van der Waals surface area contributed by atoms with Gasteiger partial charge in [0.1, 0.15) is 28.4 Å². The highest BCUT2D eigenvalue weighted by Crippen LogP contribution is 2.42. The van der Waals surface area contributed by atoms with Gasteiger partial charge in [-0.25, -0.2) is 19.9 Å². The Bertz CT molecular complexity index is 2780. The Kier molecular flexibility index (Phi) is 7.97. The van der Waals surface area contributed by atoms with Crippen molar-refractivity contribution in [1.29, 1.82) is 0 Å². The summed E-state index contributed by atoms with van der Waals surface area (Å²) < 4.78 is 9.09. The van der Waals surface area contributed by atoms with Crippen LogP contribution in [0.15, 0.2) is 132 Å². The monoisotopic (exact) mass is 708 g/mol. The van der Waals surface area contributed by atoms with E-state index in [1.54, 1.807) is 11.3 Å². The van der Waals surface area contributed by atoms with E-state index < -0.39 is 0 Å². The van der Waals surface area contributed by atoms with Crippen LogP contribution in [0.3, 0.4) is 0 Å². The van der Waals surface area contributed by atoms with E-state index in [2.05, 4.69) is 156 Å². The SMILES string of the molecule is CCC(C)(Cc1ccc2c(c1)oc1c(-c3ccc(-c4ccccc4)cc3)nc(C(C)(C)C)nc12)c1nc(-c2ccccc2)c2sc3ccccc3c2n1. The fraction of sp³-hybridized carbons (Fsp3) is 0.191. The van der Waals surface area contributed by atoms with Crippen LogP contribution in [0.1, 0.15) is 58.3 Å². The van der Waals surface area contributed by atoms with Crippen molar-refractivity contribution < 1.29 is 4.42 Å². The molecule has 1 atom stereocenters. The van der Waals surface area contributed by atoms with E-state index in [1.165, 1.54) is 21.2 Å². The lowest BCUT2D eigenvalue weighted by Crippen LogP contribution is -2.27. The van der Waals surface area contributed by atoms with E-state index in [1.807, 2.05) is 6.07 Å². The predicted octanol–water partition coefficient (Wildman–Crippen LogP) is 12.7. The Morgan fingerprint density at radius 3 is 1.89 bits per heavy atom. The summed E-state index contributed by atoms with van der Waals surface area (Å²) in [6, 6.07) is 44.7. The predicted molar refractivity (Wildman–Crippen MR) is 221 cm³/mol. The topological polar surface area (TPSA) is 64.7 Å². The number of thiophene rings is 1. The second-order valence-electron chi connectivity index (χ2n) is 15.3. The van der Waals surface area contributed by atoms with Crippen molar-refractivity contribution in [1.82, 2.24) is 19.9 Å². The van der Waals surface area contributed by atoms with Gasteiger partial charge in [0.25, 0.3) is 0 Å². The van der Waals surface area contributed by atoms with Gasteiger partial charge < -0.3 is 4.42 Å². The van der Waals surface area contributed by atoms with E-state index in [0.717, 1.165) is 79.3 Å². The molecule has 0 aliphatic carbocycles. The molecular formula is C47H40N4OS. The molecule has 0 aliphatic heterocycles. The summed E-state index contributed by atoms with van der Waals surface area (Å²) >= 11 is 1.77. The maximum atomic E-state index is 6.73. The number of fused-ring (bicyclic) bond motifs is 6. The van der Waals surface area contributed by atoms with Crippen molar-refractivity contribution in [3.05, 3.63) is 145 Å². The number of hydrogen-bond acceptors (Lipinski definition) is 6. The van der Waals surface area contributed by atoms with E-state index in [-0.39, 0.29) is 10.8 Å². The first-order chi connectivity index (χ1) is 25.7. The smallest absolute Gasteiger partial charge is 0.180 e. The molecule has 9 aromatic rings. The summed E-state index contributed by atoms with van der Waals surface area (Å²) in [5, 5.41) is 2.17. The van der Waals surface area contributed by atoms with Crippen molar-refractivity contribution in [2.24, 2.45) is 0 Å². The number of nitrogens with zero attached hydrogens (tertiary/aromatic N) is 4.